The maximum atomic E-state index is 13.8. The first-order valence-corrected chi connectivity index (χ1v) is 12.1. The average Bonchev–Trinajstić information content (AvgIpc) is 3.02. The van der Waals surface area contributed by atoms with Crippen LogP contribution in [-0.4, -0.2) is 46.6 Å². The molecule has 0 unspecified atom stereocenters. The van der Waals surface area contributed by atoms with Gasteiger partial charge in [0.1, 0.15) is 18.5 Å². The largest absolute Gasteiger partial charge is 0.502 e. The molecular weight excluding hydrogens is 495 g/mol. The number of hydrogen-bond acceptors (Lipinski definition) is 6. The standard InChI is InChI=1S/C25H22F3N3O4S/c1-14(25(26,27)28)29-13-31(30-11-10-18(32)23(33)22(30)24(29)34)21-15-7-5-8-19(35-2)17(15)12-36-20-9-4-3-6-16(20)21/h3-11,14,21,33H,12-13H2,1-2H3/t14-,21+/m1/s1. The van der Waals surface area contributed by atoms with Crippen molar-refractivity contribution in [2.75, 3.05) is 18.8 Å². The molecule has 0 saturated heterocycles. The van der Waals surface area contributed by atoms with Crippen LogP contribution in [0.3, 0.4) is 0 Å². The number of hydrogen-bond donors (Lipinski definition) is 1. The second-order valence-corrected chi connectivity index (χ2v) is 9.57. The van der Waals surface area contributed by atoms with E-state index in [1.54, 1.807) is 29.9 Å². The number of pyridine rings is 1. The molecule has 2 aliphatic heterocycles. The lowest BCUT2D eigenvalue weighted by molar-refractivity contribution is -0.173. The number of fused-ring (bicyclic) bond motifs is 3. The third kappa shape index (κ3) is 3.78. The SMILES string of the molecule is COc1cccc2c1CSc1ccccc1[C@H]2N1CN([C@H](C)C(F)(F)F)C(=O)c2c(O)c(=O)ccn21. The average molecular weight is 518 g/mol. The van der Waals surface area contributed by atoms with Gasteiger partial charge in [-0.3, -0.25) is 19.3 Å². The van der Waals surface area contributed by atoms with E-state index in [4.69, 9.17) is 4.74 Å². The molecule has 36 heavy (non-hydrogen) atoms. The van der Waals surface area contributed by atoms with Crippen molar-refractivity contribution in [3.8, 4) is 11.5 Å². The Hall–Kier alpha value is -3.60. The van der Waals surface area contributed by atoms with Crippen molar-refractivity contribution in [1.29, 1.82) is 0 Å². The lowest BCUT2D eigenvalue weighted by Gasteiger charge is -2.46. The van der Waals surface area contributed by atoms with E-state index in [2.05, 4.69) is 0 Å². The minimum Gasteiger partial charge on any atom is -0.502 e. The molecule has 1 aromatic heterocycles. The molecule has 0 aliphatic carbocycles. The van der Waals surface area contributed by atoms with Gasteiger partial charge in [0.2, 0.25) is 5.43 Å². The first-order valence-electron chi connectivity index (χ1n) is 11.1. The lowest BCUT2D eigenvalue weighted by atomic mass is 9.93. The topological polar surface area (TPSA) is 75.0 Å². The molecule has 0 saturated carbocycles. The first-order chi connectivity index (χ1) is 17.1. The van der Waals surface area contributed by atoms with Crippen molar-refractivity contribution >= 4 is 17.7 Å². The molecule has 1 N–H and O–H groups in total. The number of alkyl halides is 3. The van der Waals surface area contributed by atoms with Gasteiger partial charge in [-0.05, 0) is 30.2 Å². The summed E-state index contributed by atoms with van der Waals surface area (Å²) in [6.45, 7) is 0.451. The Labute approximate surface area is 208 Å². The van der Waals surface area contributed by atoms with Crippen LogP contribution in [0.2, 0.25) is 0 Å². The summed E-state index contributed by atoms with van der Waals surface area (Å²) in [6, 6.07) is 11.3. The summed E-state index contributed by atoms with van der Waals surface area (Å²) in [7, 11) is 1.55. The minimum absolute atomic E-state index is 0.435. The highest BCUT2D eigenvalue weighted by Crippen LogP contribution is 2.45. The molecule has 0 bridgehead atoms. The Kier molecular flexibility index (Phi) is 5.90. The lowest BCUT2D eigenvalue weighted by Crippen LogP contribution is -2.60. The Morgan fingerprint density at radius 1 is 1.08 bits per heavy atom. The van der Waals surface area contributed by atoms with Crippen molar-refractivity contribution in [3.05, 3.63) is 87.3 Å². The van der Waals surface area contributed by atoms with E-state index in [0.29, 0.717) is 16.4 Å². The molecule has 2 aromatic carbocycles. The zero-order valence-electron chi connectivity index (χ0n) is 19.3. The maximum absolute atomic E-state index is 13.8. The molecule has 0 spiro atoms. The summed E-state index contributed by atoms with van der Waals surface area (Å²) in [6.07, 6.45) is -3.40. The first kappa shape index (κ1) is 24.1. The molecule has 7 nitrogen and oxygen atoms in total. The zero-order valence-corrected chi connectivity index (χ0v) is 20.1. The van der Waals surface area contributed by atoms with Gasteiger partial charge in [0.05, 0.1) is 13.2 Å². The third-order valence-corrected chi connectivity index (χ3v) is 7.72. The van der Waals surface area contributed by atoms with E-state index in [1.165, 1.54) is 10.9 Å². The van der Waals surface area contributed by atoms with Crippen LogP contribution >= 0.6 is 11.8 Å². The molecule has 1 amide bonds. The highest BCUT2D eigenvalue weighted by molar-refractivity contribution is 7.98. The van der Waals surface area contributed by atoms with E-state index in [0.717, 1.165) is 34.6 Å². The summed E-state index contributed by atoms with van der Waals surface area (Å²) in [4.78, 5) is 27.0. The Bertz CT molecular complexity index is 1410. The van der Waals surface area contributed by atoms with E-state index in [9.17, 15) is 27.9 Å². The number of halogens is 3. The molecule has 0 radical (unpaired) electrons. The van der Waals surface area contributed by atoms with Crippen LogP contribution in [0.25, 0.3) is 0 Å². The zero-order chi connectivity index (χ0) is 25.8. The van der Waals surface area contributed by atoms with Gasteiger partial charge in [0.15, 0.2) is 11.4 Å². The fraction of sp³-hybridized carbons (Fsp3) is 0.280. The molecule has 2 atom stereocenters. The summed E-state index contributed by atoms with van der Waals surface area (Å²) in [5.74, 6) is -0.776. The van der Waals surface area contributed by atoms with Crippen LogP contribution in [0.15, 0.2) is 64.4 Å². The van der Waals surface area contributed by atoms with Crippen LogP contribution in [0.5, 0.6) is 11.5 Å². The number of carbonyl (C=O) groups excluding carboxylic acids is 1. The molecule has 11 heteroatoms. The highest BCUT2D eigenvalue weighted by Gasteiger charge is 2.47. The minimum atomic E-state index is -4.72. The van der Waals surface area contributed by atoms with Crippen LogP contribution in [0.4, 0.5) is 13.2 Å². The summed E-state index contributed by atoms with van der Waals surface area (Å²) in [5.41, 5.74) is 1.10. The molecule has 3 heterocycles. The number of benzene rings is 2. The van der Waals surface area contributed by atoms with Crippen molar-refractivity contribution in [1.82, 2.24) is 9.58 Å². The Morgan fingerprint density at radius 2 is 1.81 bits per heavy atom. The van der Waals surface area contributed by atoms with E-state index in [-0.39, 0.29) is 0 Å². The van der Waals surface area contributed by atoms with Crippen LogP contribution in [0, 0.1) is 0 Å². The summed E-state index contributed by atoms with van der Waals surface area (Å²) < 4.78 is 48.3. The van der Waals surface area contributed by atoms with Gasteiger partial charge >= 0.3 is 6.18 Å². The van der Waals surface area contributed by atoms with Crippen molar-refractivity contribution < 1.29 is 27.8 Å². The van der Waals surface area contributed by atoms with Gasteiger partial charge in [-0.1, -0.05) is 30.3 Å². The highest BCUT2D eigenvalue weighted by atomic mass is 32.2. The van der Waals surface area contributed by atoms with Crippen LogP contribution in [-0.2, 0) is 5.75 Å². The number of carbonyl (C=O) groups is 1. The van der Waals surface area contributed by atoms with Gasteiger partial charge in [-0.15, -0.1) is 11.8 Å². The molecule has 0 fully saturated rings. The molecule has 3 aromatic rings. The number of aromatic hydroxyl groups is 1. The van der Waals surface area contributed by atoms with Gasteiger partial charge in [0, 0.05) is 28.5 Å². The summed E-state index contributed by atoms with van der Waals surface area (Å²) >= 11 is 1.57. The van der Waals surface area contributed by atoms with Crippen molar-refractivity contribution in [2.45, 2.75) is 35.8 Å². The van der Waals surface area contributed by atoms with Gasteiger partial charge in [-0.2, -0.15) is 13.2 Å². The monoisotopic (exact) mass is 517 g/mol. The Morgan fingerprint density at radius 3 is 2.53 bits per heavy atom. The number of nitrogens with zero attached hydrogens (tertiary/aromatic N) is 3. The van der Waals surface area contributed by atoms with E-state index in [1.807, 2.05) is 36.4 Å². The second-order valence-electron chi connectivity index (χ2n) is 8.55. The number of rotatable bonds is 3. The van der Waals surface area contributed by atoms with Gasteiger partial charge in [-0.25, -0.2) is 0 Å². The number of thioether (sulfide) groups is 1. The van der Waals surface area contributed by atoms with Crippen LogP contribution in [0.1, 0.15) is 40.1 Å². The fourth-order valence-electron chi connectivity index (χ4n) is 4.70. The number of amides is 1. The second kappa shape index (κ2) is 8.81. The van der Waals surface area contributed by atoms with Crippen molar-refractivity contribution in [3.63, 3.8) is 0 Å². The Balaban J connectivity index is 1.79. The molecular formula is C25H22F3N3O4S. The smallest absolute Gasteiger partial charge is 0.408 e. The van der Waals surface area contributed by atoms with E-state index < -0.39 is 47.7 Å². The number of ether oxygens (including phenoxy) is 1. The predicted molar refractivity (Wildman–Crippen MR) is 128 cm³/mol. The van der Waals surface area contributed by atoms with Crippen LogP contribution < -0.4 is 15.2 Å². The van der Waals surface area contributed by atoms with Gasteiger partial charge in [0.25, 0.3) is 5.91 Å². The third-order valence-electron chi connectivity index (χ3n) is 6.60. The normalized spacial score (nSPS) is 18.1. The quantitative estimate of drug-likeness (QED) is 0.560. The molecule has 2 aliphatic rings. The molecule has 188 valence electrons. The fourth-order valence-corrected chi connectivity index (χ4v) is 5.83. The molecule has 5 rings (SSSR count). The van der Waals surface area contributed by atoms with Crippen molar-refractivity contribution in [2.24, 2.45) is 0 Å². The predicted octanol–water partition coefficient (Wildman–Crippen LogP) is 4.26. The van der Waals surface area contributed by atoms with E-state index >= 15 is 0 Å². The van der Waals surface area contributed by atoms with Gasteiger partial charge < -0.3 is 14.7 Å². The number of aromatic nitrogens is 1. The summed E-state index contributed by atoms with van der Waals surface area (Å²) in [5, 5.41) is 12.1. The number of methoxy groups -OCH3 is 1. The maximum Gasteiger partial charge on any atom is 0.408 e.